The van der Waals surface area contributed by atoms with Gasteiger partial charge in [-0.25, -0.2) is 4.79 Å². The van der Waals surface area contributed by atoms with E-state index in [0.29, 0.717) is 15.9 Å². The van der Waals surface area contributed by atoms with E-state index in [9.17, 15) is 14.9 Å². The lowest BCUT2D eigenvalue weighted by Gasteiger charge is -2.11. The highest BCUT2D eigenvalue weighted by Crippen LogP contribution is 2.31. The molecule has 2 rings (SSSR count). The largest absolute Gasteiger partial charge is 0.490 e. The average Bonchev–Trinajstić information content (AvgIpc) is 2.48. The molecule has 2 aromatic rings. The molecule has 0 N–H and O–H groups in total. The second-order valence-corrected chi connectivity index (χ2v) is 4.83. The van der Waals surface area contributed by atoms with Gasteiger partial charge >= 0.3 is 11.4 Å². The fraction of sp³-hybridized carbons (Fsp3) is 0.231. The lowest BCUT2D eigenvalue weighted by atomic mass is 10.1. The van der Waals surface area contributed by atoms with Crippen LogP contribution in [0.3, 0.4) is 0 Å². The topological polar surface area (TPSA) is 79.3 Å². The third-order valence-corrected chi connectivity index (χ3v) is 3.59. The standard InChI is InChI=1S/C13H13N3O4S/c1-14-9(7-12(21)15(2)13(14)17)8-4-5-11(20-3)10(6-8)16(18)19/h4-7H,1-3H3. The molecule has 0 radical (unpaired) electrons. The summed E-state index contributed by atoms with van der Waals surface area (Å²) in [6, 6.07) is 6.13. The predicted octanol–water partition coefficient (Wildman–Crippen LogP) is 2.04. The van der Waals surface area contributed by atoms with Crippen molar-refractivity contribution in [1.82, 2.24) is 9.13 Å². The molecule has 21 heavy (non-hydrogen) atoms. The van der Waals surface area contributed by atoms with Gasteiger partial charge in [0.05, 0.1) is 17.7 Å². The van der Waals surface area contributed by atoms with Crippen molar-refractivity contribution in [2.24, 2.45) is 14.1 Å². The smallest absolute Gasteiger partial charge is 0.329 e. The van der Waals surface area contributed by atoms with E-state index in [1.807, 2.05) is 0 Å². The van der Waals surface area contributed by atoms with Crippen molar-refractivity contribution in [2.45, 2.75) is 0 Å². The van der Waals surface area contributed by atoms with Crippen LogP contribution in [0.1, 0.15) is 0 Å². The summed E-state index contributed by atoms with van der Waals surface area (Å²) in [6.45, 7) is 0. The molecule has 0 aliphatic rings. The molecule has 0 saturated carbocycles. The van der Waals surface area contributed by atoms with E-state index in [4.69, 9.17) is 17.0 Å². The first kappa shape index (κ1) is 14.9. The Kier molecular flexibility index (Phi) is 3.90. The van der Waals surface area contributed by atoms with E-state index >= 15 is 0 Å². The molecule has 8 heteroatoms. The Hall–Kier alpha value is -2.48. The van der Waals surface area contributed by atoms with E-state index in [-0.39, 0.29) is 17.1 Å². The highest BCUT2D eigenvalue weighted by molar-refractivity contribution is 7.71. The van der Waals surface area contributed by atoms with Crippen molar-refractivity contribution in [1.29, 1.82) is 0 Å². The molecule has 0 atom stereocenters. The molecule has 1 aromatic carbocycles. The summed E-state index contributed by atoms with van der Waals surface area (Å²) in [5.41, 5.74) is 0.570. The van der Waals surface area contributed by atoms with Gasteiger partial charge in [-0.1, -0.05) is 12.2 Å². The van der Waals surface area contributed by atoms with Crippen LogP contribution in [0.25, 0.3) is 11.3 Å². The van der Waals surface area contributed by atoms with Crippen molar-refractivity contribution in [2.75, 3.05) is 7.11 Å². The van der Waals surface area contributed by atoms with Gasteiger partial charge in [-0.05, 0) is 18.2 Å². The van der Waals surface area contributed by atoms with Gasteiger partial charge in [-0.15, -0.1) is 0 Å². The third kappa shape index (κ3) is 2.57. The Morgan fingerprint density at radius 2 is 1.90 bits per heavy atom. The normalized spacial score (nSPS) is 10.4. The van der Waals surface area contributed by atoms with Crippen molar-refractivity contribution >= 4 is 17.9 Å². The van der Waals surface area contributed by atoms with Gasteiger partial charge in [-0.2, -0.15) is 0 Å². The summed E-state index contributed by atoms with van der Waals surface area (Å²) < 4.78 is 8.03. The van der Waals surface area contributed by atoms with Gasteiger partial charge in [0.1, 0.15) is 4.64 Å². The zero-order valence-corrected chi connectivity index (χ0v) is 12.5. The molecular formula is C13H13N3O4S. The summed E-state index contributed by atoms with van der Waals surface area (Å²) in [5.74, 6) is 0.161. The van der Waals surface area contributed by atoms with Gasteiger partial charge in [0.2, 0.25) is 0 Å². The number of nitrogens with zero attached hydrogens (tertiary/aromatic N) is 3. The summed E-state index contributed by atoms with van der Waals surface area (Å²) in [7, 11) is 4.52. The lowest BCUT2D eigenvalue weighted by molar-refractivity contribution is -0.385. The van der Waals surface area contributed by atoms with E-state index in [1.54, 1.807) is 26.2 Å². The maximum atomic E-state index is 12.0. The first-order valence-electron chi connectivity index (χ1n) is 5.96. The molecule has 0 aliphatic carbocycles. The second-order valence-electron chi connectivity index (χ2n) is 4.41. The fourth-order valence-corrected chi connectivity index (χ4v) is 2.19. The zero-order chi connectivity index (χ0) is 15.7. The number of hydrogen-bond donors (Lipinski definition) is 0. The Morgan fingerprint density at radius 1 is 1.24 bits per heavy atom. The van der Waals surface area contributed by atoms with Crippen LogP contribution in [0.5, 0.6) is 5.75 Å². The van der Waals surface area contributed by atoms with Crippen molar-refractivity contribution < 1.29 is 9.66 Å². The van der Waals surface area contributed by atoms with Gasteiger partial charge in [0, 0.05) is 25.7 Å². The highest BCUT2D eigenvalue weighted by Gasteiger charge is 2.17. The second kappa shape index (κ2) is 5.49. The average molecular weight is 307 g/mol. The van der Waals surface area contributed by atoms with Crippen molar-refractivity contribution in [3.05, 3.63) is 49.5 Å². The molecule has 0 saturated heterocycles. The minimum atomic E-state index is -0.530. The van der Waals surface area contributed by atoms with E-state index in [1.165, 1.54) is 28.4 Å². The Balaban J connectivity index is 2.74. The molecule has 7 nitrogen and oxygen atoms in total. The third-order valence-electron chi connectivity index (χ3n) is 3.20. The van der Waals surface area contributed by atoms with Crippen LogP contribution in [0, 0.1) is 14.8 Å². The van der Waals surface area contributed by atoms with Crippen LogP contribution in [-0.2, 0) is 14.1 Å². The molecular weight excluding hydrogens is 294 g/mol. The van der Waals surface area contributed by atoms with Gasteiger partial charge in [0.15, 0.2) is 5.75 Å². The van der Waals surface area contributed by atoms with Crippen LogP contribution < -0.4 is 10.4 Å². The Morgan fingerprint density at radius 3 is 2.48 bits per heavy atom. The highest BCUT2D eigenvalue weighted by atomic mass is 32.1. The molecule has 0 fully saturated rings. The number of nitro benzene ring substituents is 1. The quantitative estimate of drug-likeness (QED) is 0.492. The first-order chi connectivity index (χ1) is 9.86. The van der Waals surface area contributed by atoms with Crippen molar-refractivity contribution in [3.63, 3.8) is 0 Å². The molecule has 0 aliphatic heterocycles. The van der Waals surface area contributed by atoms with E-state index in [2.05, 4.69) is 0 Å². The summed E-state index contributed by atoms with van der Waals surface area (Å²) in [6.07, 6.45) is 0. The molecule has 1 aromatic heterocycles. The van der Waals surface area contributed by atoms with Crippen LogP contribution in [0.4, 0.5) is 5.69 Å². The summed E-state index contributed by atoms with van der Waals surface area (Å²) in [5, 5.41) is 11.1. The van der Waals surface area contributed by atoms with Gasteiger partial charge < -0.3 is 4.74 Å². The maximum absolute atomic E-state index is 12.0. The van der Waals surface area contributed by atoms with Crippen LogP contribution in [0.15, 0.2) is 29.1 Å². The first-order valence-corrected chi connectivity index (χ1v) is 6.37. The Labute approximate surface area is 125 Å². The van der Waals surface area contributed by atoms with Gasteiger partial charge in [-0.3, -0.25) is 19.2 Å². The fourth-order valence-electron chi connectivity index (χ4n) is 2.00. The summed E-state index contributed by atoms with van der Waals surface area (Å²) >= 11 is 5.11. The minimum absolute atomic E-state index is 0.161. The lowest BCUT2D eigenvalue weighted by Crippen LogP contribution is -2.28. The number of benzene rings is 1. The zero-order valence-electron chi connectivity index (χ0n) is 11.7. The maximum Gasteiger partial charge on any atom is 0.329 e. The molecule has 0 unspecified atom stereocenters. The number of methoxy groups -OCH3 is 1. The van der Waals surface area contributed by atoms with E-state index < -0.39 is 4.92 Å². The van der Waals surface area contributed by atoms with Crippen LogP contribution in [-0.4, -0.2) is 21.2 Å². The number of nitro groups is 1. The monoisotopic (exact) mass is 307 g/mol. The molecule has 0 spiro atoms. The van der Waals surface area contributed by atoms with Crippen LogP contribution in [0.2, 0.25) is 0 Å². The van der Waals surface area contributed by atoms with Gasteiger partial charge in [0.25, 0.3) is 0 Å². The minimum Gasteiger partial charge on any atom is -0.490 e. The molecule has 110 valence electrons. The number of hydrogen-bond acceptors (Lipinski definition) is 5. The van der Waals surface area contributed by atoms with E-state index in [0.717, 1.165) is 0 Å². The number of rotatable bonds is 3. The number of ether oxygens (including phenoxy) is 1. The Bertz CT molecular complexity index is 838. The summed E-state index contributed by atoms with van der Waals surface area (Å²) in [4.78, 5) is 22.6. The van der Waals surface area contributed by atoms with Crippen LogP contribution >= 0.6 is 12.2 Å². The molecule has 0 bridgehead atoms. The molecule has 0 amide bonds. The number of aromatic nitrogens is 2. The predicted molar refractivity (Wildman–Crippen MR) is 80.1 cm³/mol. The van der Waals surface area contributed by atoms with Crippen molar-refractivity contribution in [3.8, 4) is 17.0 Å². The molecule has 1 heterocycles. The SMILES string of the molecule is COc1ccc(-c2cc(=S)n(C)c(=O)n2C)cc1[N+](=O)[O-].